The smallest absolute Gasteiger partial charge is 0.254 e. The summed E-state index contributed by atoms with van der Waals surface area (Å²) in [6.45, 7) is 2.98. The molecule has 0 spiro atoms. The molecule has 3 rings (SSSR count). The van der Waals surface area contributed by atoms with Gasteiger partial charge in [0.25, 0.3) is 5.91 Å². The number of amides is 1. The van der Waals surface area contributed by atoms with E-state index < -0.39 is 0 Å². The van der Waals surface area contributed by atoms with E-state index in [2.05, 4.69) is 0 Å². The lowest BCUT2D eigenvalue weighted by atomic mass is 10.1. The third-order valence-corrected chi connectivity index (χ3v) is 3.81. The average molecular weight is 299 g/mol. The predicted molar refractivity (Wildman–Crippen MR) is 82.0 cm³/mol. The van der Waals surface area contributed by atoms with Crippen molar-refractivity contribution in [1.82, 2.24) is 4.90 Å². The maximum Gasteiger partial charge on any atom is 0.254 e. The molecule has 1 amide bonds. The van der Waals surface area contributed by atoms with Crippen LogP contribution in [0.1, 0.15) is 28.9 Å². The van der Waals surface area contributed by atoms with Crippen molar-refractivity contribution in [2.75, 3.05) is 13.1 Å². The minimum atomic E-state index is -0.273. The zero-order valence-corrected chi connectivity index (χ0v) is 12.4. The summed E-state index contributed by atoms with van der Waals surface area (Å²) < 4.78 is 19.0. The molecule has 0 aromatic heterocycles. The Morgan fingerprint density at radius 3 is 2.45 bits per heavy atom. The van der Waals surface area contributed by atoms with Crippen molar-refractivity contribution < 1.29 is 13.9 Å². The van der Waals surface area contributed by atoms with Crippen molar-refractivity contribution in [2.24, 2.45) is 0 Å². The first kappa shape index (κ1) is 14.7. The topological polar surface area (TPSA) is 29.5 Å². The van der Waals surface area contributed by atoms with E-state index in [1.807, 2.05) is 37.3 Å². The second-order valence-electron chi connectivity index (χ2n) is 5.56. The maximum absolute atomic E-state index is 13.1. The molecule has 0 radical (unpaired) electrons. The van der Waals surface area contributed by atoms with Crippen LogP contribution in [0, 0.1) is 5.82 Å². The molecule has 1 aliphatic heterocycles. The van der Waals surface area contributed by atoms with Gasteiger partial charge in [-0.15, -0.1) is 0 Å². The Balaban J connectivity index is 1.79. The van der Waals surface area contributed by atoms with Crippen LogP contribution in [-0.2, 0) is 4.74 Å². The fraction of sp³-hybridized carbons (Fsp3) is 0.278. The highest BCUT2D eigenvalue weighted by atomic mass is 19.1. The molecule has 1 fully saturated rings. The fourth-order valence-electron chi connectivity index (χ4n) is 2.74. The summed E-state index contributed by atoms with van der Waals surface area (Å²) in [7, 11) is 0. The Bertz CT molecular complexity index is 642. The molecule has 4 heteroatoms. The molecule has 1 heterocycles. The van der Waals surface area contributed by atoms with Crippen molar-refractivity contribution in [3.63, 3.8) is 0 Å². The summed E-state index contributed by atoms with van der Waals surface area (Å²) in [5.41, 5.74) is 1.56. The van der Waals surface area contributed by atoms with Gasteiger partial charge in [-0.3, -0.25) is 4.79 Å². The summed E-state index contributed by atoms with van der Waals surface area (Å²) in [6, 6.07) is 15.5. The van der Waals surface area contributed by atoms with Gasteiger partial charge in [0, 0.05) is 12.1 Å². The zero-order chi connectivity index (χ0) is 15.5. The van der Waals surface area contributed by atoms with E-state index in [1.54, 1.807) is 17.0 Å². The first-order valence-electron chi connectivity index (χ1n) is 7.39. The first-order chi connectivity index (χ1) is 10.6. The van der Waals surface area contributed by atoms with Crippen LogP contribution in [0.2, 0.25) is 0 Å². The Labute approximate surface area is 129 Å². The van der Waals surface area contributed by atoms with Gasteiger partial charge in [0.2, 0.25) is 0 Å². The van der Waals surface area contributed by atoms with Crippen LogP contribution in [0.25, 0.3) is 0 Å². The van der Waals surface area contributed by atoms with Crippen LogP contribution in [0.3, 0.4) is 0 Å². The van der Waals surface area contributed by atoms with Gasteiger partial charge in [-0.1, -0.05) is 30.3 Å². The van der Waals surface area contributed by atoms with Gasteiger partial charge in [-0.25, -0.2) is 4.39 Å². The molecule has 2 atom stereocenters. The number of carbonyl (C=O) groups is 1. The van der Waals surface area contributed by atoms with E-state index in [-0.39, 0.29) is 23.9 Å². The second kappa shape index (κ2) is 6.28. The summed E-state index contributed by atoms with van der Waals surface area (Å²) in [4.78, 5) is 14.4. The molecule has 22 heavy (non-hydrogen) atoms. The summed E-state index contributed by atoms with van der Waals surface area (Å²) >= 11 is 0. The van der Waals surface area contributed by atoms with Crippen molar-refractivity contribution in [3.05, 3.63) is 71.5 Å². The van der Waals surface area contributed by atoms with Crippen LogP contribution in [-0.4, -0.2) is 30.0 Å². The lowest BCUT2D eigenvalue weighted by Gasteiger charge is -2.37. The first-order valence-corrected chi connectivity index (χ1v) is 7.39. The zero-order valence-electron chi connectivity index (χ0n) is 12.4. The van der Waals surface area contributed by atoms with Gasteiger partial charge in [-0.2, -0.15) is 0 Å². The Morgan fingerprint density at radius 2 is 1.77 bits per heavy atom. The quantitative estimate of drug-likeness (QED) is 0.850. The van der Waals surface area contributed by atoms with Gasteiger partial charge >= 0.3 is 0 Å². The Kier molecular flexibility index (Phi) is 4.20. The van der Waals surface area contributed by atoms with E-state index in [4.69, 9.17) is 4.74 Å². The number of halogens is 1. The van der Waals surface area contributed by atoms with Crippen LogP contribution < -0.4 is 0 Å². The predicted octanol–water partition coefficient (Wildman–Crippen LogP) is 3.43. The number of ether oxygens (including phenoxy) is 1. The van der Waals surface area contributed by atoms with Gasteiger partial charge in [-0.05, 0) is 36.8 Å². The van der Waals surface area contributed by atoms with E-state index >= 15 is 0 Å². The van der Waals surface area contributed by atoms with Crippen molar-refractivity contribution >= 4 is 5.91 Å². The number of hydrogen-bond acceptors (Lipinski definition) is 2. The summed E-state index contributed by atoms with van der Waals surface area (Å²) in [6.07, 6.45) is -0.284. The second-order valence-corrected chi connectivity index (χ2v) is 5.56. The van der Waals surface area contributed by atoms with Crippen molar-refractivity contribution in [3.8, 4) is 0 Å². The monoisotopic (exact) mass is 299 g/mol. The van der Waals surface area contributed by atoms with Gasteiger partial charge < -0.3 is 9.64 Å². The highest BCUT2D eigenvalue weighted by Crippen LogP contribution is 2.26. The van der Waals surface area contributed by atoms with Gasteiger partial charge in [0.1, 0.15) is 11.9 Å². The minimum Gasteiger partial charge on any atom is -0.367 e. The number of hydrogen-bond donors (Lipinski definition) is 0. The number of rotatable bonds is 2. The molecule has 2 aromatic rings. The number of benzene rings is 2. The lowest BCUT2D eigenvalue weighted by molar-refractivity contribution is -0.0691. The van der Waals surface area contributed by atoms with Crippen molar-refractivity contribution in [1.29, 1.82) is 0 Å². The molecule has 1 aliphatic rings. The van der Waals surface area contributed by atoms with E-state index in [0.29, 0.717) is 18.7 Å². The third kappa shape index (κ3) is 3.17. The Hall–Kier alpha value is -2.20. The minimum absolute atomic E-state index is 0.00265. The normalized spacial score (nSPS) is 21.6. The number of morpholine rings is 1. The highest BCUT2D eigenvalue weighted by Gasteiger charge is 2.29. The van der Waals surface area contributed by atoms with Crippen LogP contribution in [0.5, 0.6) is 0 Å². The molecule has 2 aromatic carbocycles. The largest absolute Gasteiger partial charge is 0.367 e. The van der Waals surface area contributed by atoms with Crippen LogP contribution in [0.15, 0.2) is 54.6 Å². The molecule has 2 unspecified atom stereocenters. The summed E-state index contributed by atoms with van der Waals surface area (Å²) in [5.74, 6) is -0.271. The van der Waals surface area contributed by atoms with Crippen LogP contribution >= 0.6 is 0 Å². The third-order valence-electron chi connectivity index (χ3n) is 3.81. The molecule has 114 valence electrons. The molecule has 0 bridgehead atoms. The molecule has 3 nitrogen and oxygen atoms in total. The molecule has 0 saturated carbocycles. The molecule has 0 N–H and O–H groups in total. The lowest BCUT2D eigenvalue weighted by Crippen LogP contribution is -2.45. The summed E-state index contributed by atoms with van der Waals surface area (Å²) in [5, 5.41) is 0. The molecule has 0 aliphatic carbocycles. The maximum atomic E-state index is 13.1. The fourth-order valence-corrected chi connectivity index (χ4v) is 2.74. The molecular formula is C18H18FNO2. The molecule has 1 saturated heterocycles. The average Bonchev–Trinajstić information content (AvgIpc) is 2.55. The highest BCUT2D eigenvalue weighted by molar-refractivity contribution is 5.94. The van der Waals surface area contributed by atoms with Crippen LogP contribution in [0.4, 0.5) is 4.39 Å². The van der Waals surface area contributed by atoms with Gasteiger partial charge in [0.15, 0.2) is 0 Å². The van der Waals surface area contributed by atoms with E-state index in [9.17, 15) is 9.18 Å². The molecular weight excluding hydrogens is 281 g/mol. The Morgan fingerprint density at radius 1 is 1.09 bits per heavy atom. The standard InChI is InChI=1S/C18H18FNO2/c1-13-11-20(18(21)15-5-3-2-4-6-15)12-17(22-13)14-7-9-16(19)10-8-14/h2-10,13,17H,11-12H2,1H3. The SMILES string of the molecule is CC1CN(C(=O)c2ccccc2)CC(c2ccc(F)cc2)O1. The van der Waals surface area contributed by atoms with E-state index in [0.717, 1.165) is 5.56 Å². The van der Waals surface area contributed by atoms with Gasteiger partial charge in [0.05, 0.1) is 12.6 Å². The van der Waals surface area contributed by atoms with Crippen molar-refractivity contribution in [2.45, 2.75) is 19.1 Å². The van der Waals surface area contributed by atoms with E-state index in [1.165, 1.54) is 12.1 Å². The number of carbonyl (C=O) groups excluding carboxylic acids is 1. The number of nitrogens with zero attached hydrogens (tertiary/aromatic N) is 1.